The molecule has 0 saturated carbocycles. The fourth-order valence-electron chi connectivity index (χ4n) is 1.51. The first-order valence-corrected chi connectivity index (χ1v) is 8.63. The minimum Gasteiger partial charge on any atom is -0.284 e. The Kier molecular flexibility index (Phi) is 3.53. The average Bonchev–Trinajstić information content (AvgIpc) is 2.68. The minimum absolute atomic E-state index is 0.154. The van der Waals surface area contributed by atoms with E-state index < -0.39 is 30.4 Å². The fourth-order valence-corrected chi connectivity index (χ4v) is 4.10. The van der Waals surface area contributed by atoms with Gasteiger partial charge in [-0.1, -0.05) is 6.07 Å². The Balaban J connectivity index is 2.76. The predicted octanol–water partition coefficient (Wildman–Crippen LogP) is 0.995. The Morgan fingerprint density at radius 2 is 1.90 bits per heavy atom. The summed E-state index contributed by atoms with van der Waals surface area (Å²) in [6.45, 7) is 0. The van der Waals surface area contributed by atoms with Crippen molar-refractivity contribution in [1.82, 2.24) is 4.98 Å². The fraction of sp³-hybridized carbons (Fsp3) is 0.111. The molecule has 0 aliphatic heterocycles. The largest absolute Gasteiger partial charge is 0.296 e. The van der Waals surface area contributed by atoms with E-state index in [1.165, 1.54) is 18.2 Å². The lowest BCUT2D eigenvalue weighted by Crippen LogP contribution is -2.09. The average molecular weight is 334 g/mol. The van der Waals surface area contributed by atoms with Crippen molar-refractivity contribution in [1.29, 1.82) is 5.26 Å². The van der Waals surface area contributed by atoms with Crippen LogP contribution in [0.4, 0.5) is 0 Å². The van der Waals surface area contributed by atoms with Crippen LogP contribution in [-0.4, -0.2) is 30.9 Å². The molecule has 0 aliphatic rings. The lowest BCUT2D eigenvalue weighted by molar-refractivity contribution is 0.477. The number of aromatic nitrogens is 1. The molecule has 0 radical (unpaired) electrons. The summed E-state index contributed by atoms with van der Waals surface area (Å²) in [6, 6.07) is 5.25. The van der Waals surface area contributed by atoms with E-state index in [4.69, 9.17) is 14.4 Å². The van der Waals surface area contributed by atoms with E-state index in [0.29, 0.717) is 0 Å². The molecule has 8 nitrogen and oxygen atoms in total. The maximum absolute atomic E-state index is 11.2. The van der Waals surface area contributed by atoms with E-state index in [-0.39, 0.29) is 15.2 Å². The van der Waals surface area contributed by atoms with Crippen molar-refractivity contribution < 1.29 is 25.9 Å². The Bertz CT molecular complexity index is 922. The first kappa shape index (κ1) is 14.8. The van der Waals surface area contributed by atoms with Gasteiger partial charge in [0.05, 0.1) is 10.8 Å². The molecule has 1 unspecified atom stereocenters. The first-order valence-electron chi connectivity index (χ1n) is 4.87. The molecule has 1 aromatic heterocycles. The Hall–Kier alpha value is -1.58. The number of fused-ring (bicyclic) bond motifs is 1. The van der Waals surface area contributed by atoms with E-state index in [2.05, 4.69) is 4.98 Å². The van der Waals surface area contributed by atoms with Gasteiger partial charge in [-0.05, 0) is 12.1 Å². The molecule has 106 valence electrons. The summed E-state index contributed by atoms with van der Waals surface area (Å²) in [4.78, 5) is 3.24. The quantitative estimate of drug-likeness (QED) is 0.790. The number of hydrogen-bond donors (Lipinski definition) is 2. The maximum Gasteiger partial charge on any atom is 0.296 e. The van der Waals surface area contributed by atoms with Gasteiger partial charge in [-0.25, -0.2) is 4.98 Å². The normalized spacial score (nSPS) is 14.1. The minimum atomic E-state index is -4.69. The van der Waals surface area contributed by atoms with E-state index >= 15 is 0 Å². The number of para-hydroxylation sites is 1. The number of rotatable bonds is 3. The van der Waals surface area contributed by atoms with Crippen LogP contribution < -0.4 is 0 Å². The summed E-state index contributed by atoms with van der Waals surface area (Å²) in [5.74, 6) is 0. The van der Waals surface area contributed by atoms with Crippen LogP contribution in [0.2, 0.25) is 0 Å². The third-order valence-corrected chi connectivity index (χ3v) is 5.36. The molecule has 2 N–H and O–H groups in total. The molecule has 0 saturated heterocycles. The molecule has 20 heavy (non-hydrogen) atoms. The highest BCUT2D eigenvalue weighted by molar-refractivity contribution is 7.86. The molecular weight excluding hydrogens is 328 g/mol. The second-order valence-electron chi connectivity index (χ2n) is 3.65. The monoisotopic (exact) mass is 334 g/mol. The summed E-state index contributed by atoms with van der Waals surface area (Å²) < 4.78 is 62.7. The molecule has 1 heterocycles. The molecule has 1 aromatic carbocycles. The van der Waals surface area contributed by atoms with Crippen molar-refractivity contribution in [2.45, 2.75) is 10.1 Å². The lowest BCUT2D eigenvalue weighted by atomic mass is 10.3. The summed E-state index contributed by atoms with van der Waals surface area (Å²) in [5.41, 5.74) is -0.154. The van der Waals surface area contributed by atoms with Gasteiger partial charge < -0.3 is 0 Å². The Morgan fingerprint density at radius 1 is 1.25 bits per heavy atom. The highest BCUT2D eigenvalue weighted by Crippen LogP contribution is 2.32. The molecular formula is C9H6N2O6S3. The second kappa shape index (κ2) is 4.76. The van der Waals surface area contributed by atoms with Gasteiger partial charge >= 0.3 is 0 Å². The van der Waals surface area contributed by atoms with Crippen LogP contribution in [0.15, 0.2) is 23.1 Å². The molecule has 2 aromatic rings. The number of nitriles is 1. The van der Waals surface area contributed by atoms with Gasteiger partial charge in [0.15, 0.2) is 0 Å². The summed E-state index contributed by atoms with van der Waals surface area (Å²) in [7, 11) is -9.22. The van der Waals surface area contributed by atoms with Crippen LogP contribution in [0.3, 0.4) is 0 Å². The van der Waals surface area contributed by atoms with Crippen molar-refractivity contribution in [2.24, 2.45) is 0 Å². The molecule has 0 aliphatic carbocycles. The second-order valence-corrected chi connectivity index (χ2v) is 7.61. The number of hydrogen-bond acceptors (Lipinski definition) is 7. The first-order chi connectivity index (χ1) is 9.14. The smallest absolute Gasteiger partial charge is 0.284 e. The van der Waals surface area contributed by atoms with E-state index in [9.17, 15) is 16.8 Å². The zero-order chi connectivity index (χ0) is 15.1. The predicted molar refractivity (Wildman–Crippen MR) is 69.3 cm³/mol. The molecule has 0 amide bonds. The van der Waals surface area contributed by atoms with E-state index in [1.54, 1.807) is 0 Å². The molecule has 0 spiro atoms. The van der Waals surface area contributed by atoms with E-state index in [1.807, 2.05) is 0 Å². The lowest BCUT2D eigenvalue weighted by Gasteiger charge is -1.99. The molecule has 2 rings (SSSR count). The summed E-state index contributed by atoms with van der Waals surface area (Å²) in [5, 5.41) is 6.59. The third-order valence-electron chi connectivity index (χ3n) is 2.32. The van der Waals surface area contributed by atoms with Crippen LogP contribution in [0.25, 0.3) is 10.2 Å². The summed E-state index contributed by atoms with van der Waals surface area (Å²) >= 11 is 0.739. The summed E-state index contributed by atoms with van der Waals surface area (Å²) in [6.07, 6.45) is 0. The van der Waals surface area contributed by atoms with Gasteiger partial charge in [-0.15, -0.1) is 11.3 Å². The van der Waals surface area contributed by atoms with Gasteiger partial charge in [0, 0.05) is 0 Å². The SMILES string of the molecule is N#CC(c1nc2c(S(=O)(=O)O)cccc2s1)S(=O)(=O)O. The van der Waals surface area contributed by atoms with Crippen LogP contribution in [0, 0.1) is 11.3 Å². The van der Waals surface area contributed by atoms with Crippen LogP contribution >= 0.6 is 11.3 Å². The molecule has 1 atom stereocenters. The van der Waals surface area contributed by atoms with Crippen molar-refractivity contribution in [3.05, 3.63) is 23.2 Å². The van der Waals surface area contributed by atoms with Crippen molar-refractivity contribution in [2.75, 3.05) is 0 Å². The van der Waals surface area contributed by atoms with Crippen LogP contribution in [-0.2, 0) is 20.2 Å². The maximum atomic E-state index is 11.2. The van der Waals surface area contributed by atoms with Crippen LogP contribution in [0.5, 0.6) is 0 Å². The number of nitrogens with zero attached hydrogens (tertiary/aromatic N) is 2. The van der Waals surface area contributed by atoms with Gasteiger partial charge in [-0.2, -0.15) is 22.1 Å². The molecule has 0 bridgehead atoms. The van der Waals surface area contributed by atoms with Crippen LogP contribution in [0.1, 0.15) is 10.3 Å². The Morgan fingerprint density at radius 3 is 2.40 bits per heavy atom. The number of thiazole rings is 1. The highest BCUT2D eigenvalue weighted by atomic mass is 32.2. The van der Waals surface area contributed by atoms with Gasteiger partial charge in [-0.3, -0.25) is 9.11 Å². The van der Waals surface area contributed by atoms with Crippen molar-refractivity contribution >= 4 is 41.8 Å². The zero-order valence-electron chi connectivity index (χ0n) is 9.46. The third kappa shape index (κ3) is 2.65. The van der Waals surface area contributed by atoms with Gasteiger partial charge in [0.25, 0.3) is 20.2 Å². The molecule has 0 fully saturated rings. The standard InChI is InChI=1S/C9H6N2O6S3/c10-4-7(20(15,16)17)9-11-8-5(18-9)2-1-3-6(8)19(12,13)14/h1-3,7H,(H,12,13,14)(H,15,16,17). The molecule has 11 heteroatoms. The van der Waals surface area contributed by atoms with Crippen molar-refractivity contribution in [3.63, 3.8) is 0 Å². The van der Waals surface area contributed by atoms with Gasteiger partial charge in [0.1, 0.15) is 15.4 Å². The zero-order valence-corrected chi connectivity index (χ0v) is 11.9. The van der Waals surface area contributed by atoms with Gasteiger partial charge in [0.2, 0.25) is 5.25 Å². The topological polar surface area (TPSA) is 145 Å². The Labute approximate surface area is 117 Å². The van der Waals surface area contributed by atoms with E-state index in [0.717, 1.165) is 17.4 Å². The highest BCUT2D eigenvalue weighted by Gasteiger charge is 2.29. The van der Waals surface area contributed by atoms with Crippen molar-refractivity contribution in [3.8, 4) is 6.07 Å². The number of benzene rings is 1.